The van der Waals surface area contributed by atoms with Gasteiger partial charge in [0.25, 0.3) is 10.1 Å². The van der Waals surface area contributed by atoms with Gasteiger partial charge in [-0.15, -0.1) is 0 Å². The van der Waals surface area contributed by atoms with Crippen LogP contribution in [0.25, 0.3) is 0 Å². The Bertz CT molecular complexity index is 751. The Morgan fingerprint density at radius 2 is 1.61 bits per heavy atom. The molecule has 0 aliphatic rings. The highest BCUT2D eigenvalue weighted by atomic mass is 32.2. The predicted octanol–water partition coefficient (Wildman–Crippen LogP) is 2.88. The average molecular weight is 334 g/mol. The number of carbonyl (C=O) groups is 1. The summed E-state index contributed by atoms with van der Waals surface area (Å²) in [6.07, 6.45) is 0. The molecule has 0 fully saturated rings. The third-order valence-electron chi connectivity index (χ3n) is 3.52. The van der Waals surface area contributed by atoms with Gasteiger partial charge in [0.15, 0.2) is 0 Å². The fraction of sp³-hybridized carbons (Fsp3) is 0.235. The van der Waals surface area contributed by atoms with Crippen LogP contribution in [0, 0.1) is 0 Å². The second kappa shape index (κ2) is 7.39. The zero-order chi connectivity index (χ0) is 16.9. The second-order valence-electron chi connectivity index (χ2n) is 5.18. The minimum absolute atomic E-state index is 0.195. The molecule has 0 spiro atoms. The Labute approximate surface area is 135 Å². The number of esters is 1. The largest absolute Gasteiger partial charge is 0.461 e. The van der Waals surface area contributed by atoms with Crippen molar-refractivity contribution in [1.82, 2.24) is 0 Å². The summed E-state index contributed by atoms with van der Waals surface area (Å²) in [6, 6.07) is 17.0. The summed E-state index contributed by atoms with van der Waals surface area (Å²) >= 11 is 0. The average Bonchev–Trinajstić information content (AvgIpc) is 2.54. The van der Waals surface area contributed by atoms with E-state index in [1.165, 1.54) is 5.56 Å². The molecule has 122 valence electrons. The number of hydrogen-bond donors (Lipinski definition) is 1. The molecule has 0 bridgehead atoms. The summed E-state index contributed by atoms with van der Waals surface area (Å²) in [4.78, 5) is 11.8. The molecule has 0 amide bonds. The third-order valence-corrected chi connectivity index (χ3v) is 4.20. The fourth-order valence-electron chi connectivity index (χ4n) is 2.17. The highest BCUT2D eigenvalue weighted by molar-refractivity contribution is 7.85. The zero-order valence-electron chi connectivity index (χ0n) is 12.7. The minimum atomic E-state index is -4.13. The monoisotopic (exact) mass is 334 g/mol. The molecule has 1 unspecified atom stereocenters. The van der Waals surface area contributed by atoms with Gasteiger partial charge in [0.05, 0.1) is 5.56 Å². The number of benzene rings is 2. The van der Waals surface area contributed by atoms with E-state index in [9.17, 15) is 13.2 Å². The maximum absolute atomic E-state index is 11.8. The molecule has 2 aromatic carbocycles. The Morgan fingerprint density at radius 1 is 1.04 bits per heavy atom. The molecular formula is C17H18O5S. The summed E-state index contributed by atoms with van der Waals surface area (Å²) in [7, 11) is -4.13. The molecule has 0 heterocycles. The Morgan fingerprint density at radius 3 is 2.17 bits per heavy atom. The lowest BCUT2D eigenvalue weighted by Gasteiger charge is -2.13. The quantitative estimate of drug-likeness (QED) is 0.649. The van der Waals surface area contributed by atoms with Gasteiger partial charge in [0.2, 0.25) is 0 Å². The van der Waals surface area contributed by atoms with Crippen molar-refractivity contribution in [3.63, 3.8) is 0 Å². The highest BCUT2D eigenvalue weighted by Crippen LogP contribution is 2.24. The molecule has 23 heavy (non-hydrogen) atoms. The van der Waals surface area contributed by atoms with Gasteiger partial charge in [-0.05, 0) is 23.3 Å². The first-order valence-corrected chi connectivity index (χ1v) is 8.75. The molecule has 0 saturated heterocycles. The van der Waals surface area contributed by atoms with Crippen LogP contribution in [0.5, 0.6) is 0 Å². The molecule has 0 radical (unpaired) electrons. The van der Waals surface area contributed by atoms with Gasteiger partial charge in [-0.3, -0.25) is 4.55 Å². The van der Waals surface area contributed by atoms with Gasteiger partial charge in [-0.1, -0.05) is 49.4 Å². The minimum Gasteiger partial charge on any atom is -0.461 e. The lowest BCUT2D eigenvalue weighted by molar-refractivity contribution is 0.0528. The van der Waals surface area contributed by atoms with Crippen LogP contribution in [0.15, 0.2) is 54.6 Å². The van der Waals surface area contributed by atoms with Crippen LogP contribution >= 0.6 is 0 Å². The van der Waals surface area contributed by atoms with Gasteiger partial charge in [0.1, 0.15) is 12.4 Å². The van der Waals surface area contributed by atoms with E-state index >= 15 is 0 Å². The first-order chi connectivity index (χ1) is 10.9. The van der Waals surface area contributed by atoms with Gasteiger partial charge >= 0.3 is 5.97 Å². The van der Waals surface area contributed by atoms with Crippen molar-refractivity contribution in [3.05, 3.63) is 71.3 Å². The van der Waals surface area contributed by atoms with Gasteiger partial charge in [0, 0.05) is 5.92 Å². The first kappa shape index (κ1) is 17.2. The van der Waals surface area contributed by atoms with Crippen LogP contribution in [0.1, 0.15) is 34.3 Å². The highest BCUT2D eigenvalue weighted by Gasteiger charge is 2.12. The van der Waals surface area contributed by atoms with E-state index in [0.717, 1.165) is 5.56 Å². The lowest BCUT2D eigenvalue weighted by atomic mass is 9.93. The summed E-state index contributed by atoms with van der Waals surface area (Å²) in [5, 5.41) is 0. The van der Waals surface area contributed by atoms with Crippen LogP contribution in [0.3, 0.4) is 0 Å². The molecule has 6 heteroatoms. The molecule has 5 nitrogen and oxygen atoms in total. The molecule has 0 aliphatic heterocycles. The summed E-state index contributed by atoms with van der Waals surface area (Å²) in [5.74, 6) is -1.03. The van der Waals surface area contributed by atoms with Crippen molar-refractivity contribution in [2.45, 2.75) is 12.8 Å². The number of carbonyl (C=O) groups excluding carboxylic acids is 1. The molecule has 1 atom stereocenters. The van der Waals surface area contributed by atoms with E-state index in [0.29, 0.717) is 5.56 Å². The standard InChI is InChI=1S/C17H18O5S/c1-13(14-5-3-2-4-6-14)15-7-9-16(10-8-15)17(18)22-11-12-23(19,20)21/h2-10,13H,11-12H2,1H3,(H,19,20,21). The van der Waals surface area contributed by atoms with Crippen molar-refractivity contribution in [2.24, 2.45) is 0 Å². The second-order valence-corrected chi connectivity index (χ2v) is 6.75. The van der Waals surface area contributed by atoms with E-state index in [-0.39, 0.29) is 12.5 Å². The van der Waals surface area contributed by atoms with E-state index in [1.807, 2.05) is 42.5 Å². The first-order valence-electron chi connectivity index (χ1n) is 7.14. The number of rotatable bonds is 6. The third kappa shape index (κ3) is 5.19. The Kier molecular flexibility index (Phi) is 5.52. The van der Waals surface area contributed by atoms with Crippen LogP contribution < -0.4 is 0 Å². The van der Waals surface area contributed by atoms with Gasteiger partial charge < -0.3 is 4.74 Å². The van der Waals surface area contributed by atoms with E-state index in [2.05, 4.69) is 6.92 Å². The lowest BCUT2D eigenvalue weighted by Crippen LogP contribution is -2.14. The van der Waals surface area contributed by atoms with E-state index in [1.54, 1.807) is 12.1 Å². The molecule has 0 aromatic heterocycles. The van der Waals surface area contributed by atoms with Crippen molar-refractivity contribution in [1.29, 1.82) is 0 Å². The molecular weight excluding hydrogens is 316 g/mol. The van der Waals surface area contributed by atoms with Gasteiger partial charge in [-0.2, -0.15) is 8.42 Å². The van der Waals surface area contributed by atoms with Crippen LogP contribution in [0.2, 0.25) is 0 Å². The van der Waals surface area contributed by atoms with E-state index < -0.39 is 21.8 Å². The fourth-order valence-corrected chi connectivity index (χ4v) is 2.46. The van der Waals surface area contributed by atoms with Crippen molar-refractivity contribution in [2.75, 3.05) is 12.4 Å². The Hall–Kier alpha value is -2.18. The summed E-state index contributed by atoms with van der Waals surface area (Å²) in [5.41, 5.74) is 2.58. The number of ether oxygens (including phenoxy) is 1. The predicted molar refractivity (Wildman–Crippen MR) is 87.1 cm³/mol. The number of hydrogen-bond acceptors (Lipinski definition) is 4. The Balaban J connectivity index is 2.00. The topological polar surface area (TPSA) is 80.7 Å². The van der Waals surface area contributed by atoms with Crippen molar-refractivity contribution in [3.8, 4) is 0 Å². The molecule has 2 aromatic rings. The van der Waals surface area contributed by atoms with Crippen LogP contribution in [-0.2, 0) is 14.9 Å². The molecule has 1 N–H and O–H groups in total. The summed E-state index contributed by atoms with van der Waals surface area (Å²) in [6.45, 7) is 1.70. The van der Waals surface area contributed by atoms with Crippen LogP contribution in [-0.4, -0.2) is 31.3 Å². The maximum atomic E-state index is 11.8. The molecule has 0 aliphatic carbocycles. The molecule has 0 saturated carbocycles. The van der Waals surface area contributed by atoms with Gasteiger partial charge in [-0.25, -0.2) is 4.79 Å². The zero-order valence-corrected chi connectivity index (χ0v) is 13.5. The van der Waals surface area contributed by atoms with Crippen LogP contribution in [0.4, 0.5) is 0 Å². The SMILES string of the molecule is CC(c1ccccc1)c1ccc(C(=O)OCCS(=O)(=O)O)cc1. The van der Waals surface area contributed by atoms with E-state index in [4.69, 9.17) is 9.29 Å². The normalized spacial score (nSPS) is 12.6. The summed E-state index contributed by atoms with van der Waals surface area (Å²) < 4.78 is 34.5. The smallest absolute Gasteiger partial charge is 0.338 e. The molecule has 2 rings (SSSR count). The maximum Gasteiger partial charge on any atom is 0.338 e. The van der Waals surface area contributed by atoms with Crippen molar-refractivity contribution < 1.29 is 22.5 Å². The van der Waals surface area contributed by atoms with Crippen molar-refractivity contribution >= 4 is 16.1 Å².